The molecule has 1 aromatic carbocycles. The van der Waals surface area contributed by atoms with Crippen molar-refractivity contribution in [3.8, 4) is 0 Å². The molecular formula is C15H23ClN2O. The van der Waals surface area contributed by atoms with E-state index in [-0.39, 0.29) is 6.04 Å². The second-order valence-electron chi connectivity index (χ2n) is 5.42. The molecule has 0 radical (unpaired) electrons. The first kappa shape index (κ1) is 14.8. The smallest absolute Gasteiger partial charge is 0.0460 e. The van der Waals surface area contributed by atoms with Gasteiger partial charge in [0, 0.05) is 17.7 Å². The van der Waals surface area contributed by atoms with Crippen LogP contribution < -0.4 is 5.73 Å². The molecule has 0 spiro atoms. The molecule has 3 nitrogen and oxygen atoms in total. The van der Waals surface area contributed by atoms with Crippen LogP contribution in [0.3, 0.4) is 0 Å². The van der Waals surface area contributed by atoms with Gasteiger partial charge in [-0.25, -0.2) is 0 Å². The Hall–Kier alpha value is -0.610. The molecule has 0 aliphatic carbocycles. The van der Waals surface area contributed by atoms with Crippen LogP contribution in [0.4, 0.5) is 0 Å². The molecule has 1 fully saturated rings. The monoisotopic (exact) mass is 282 g/mol. The predicted octanol–water partition coefficient (Wildman–Crippen LogP) is 2.43. The van der Waals surface area contributed by atoms with Gasteiger partial charge >= 0.3 is 0 Å². The summed E-state index contributed by atoms with van der Waals surface area (Å²) in [5, 5.41) is 9.87. The van der Waals surface area contributed by atoms with Crippen LogP contribution in [-0.4, -0.2) is 36.2 Å². The molecule has 0 saturated carbocycles. The molecule has 0 aromatic heterocycles. The zero-order valence-electron chi connectivity index (χ0n) is 11.3. The van der Waals surface area contributed by atoms with Crippen LogP contribution in [0.15, 0.2) is 24.3 Å². The van der Waals surface area contributed by atoms with Gasteiger partial charge in [0.15, 0.2) is 0 Å². The maximum absolute atomic E-state index is 9.12. The highest BCUT2D eigenvalue weighted by molar-refractivity contribution is 6.30. The standard InChI is InChI=1S/C15H23ClN2O/c16-14-3-1-2-13(10-14)15(17)6-9-18-7-4-12(11-19)5-8-18/h1-3,10,12,15,19H,4-9,11,17H2. The average Bonchev–Trinajstić information content (AvgIpc) is 2.45. The van der Waals surface area contributed by atoms with Crippen LogP contribution >= 0.6 is 11.6 Å². The Morgan fingerprint density at radius 2 is 2.11 bits per heavy atom. The number of hydrogen-bond acceptors (Lipinski definition) is 3. The molecule has 1 unspecified atom stereocenters. The highest BCUT2D eigenvalue weighted by Gasteiger charge is 2.18. The number of halogens is 1. The molecule has 1 saturated heterocycles. The first-order valence-corrected chi connectivity index (χ1v) is 7.41. The lowest BCUT2D eigenvalue weighted by Gasteiger charge is -2.31. The SMILES string of the molecule is NC(CCN1CCC(CO)CC1)c1cccc(Cl)c1. The lowest BCUT2D eigenvalue weighted by Crippen LogP contribution is -2.36. The van der Waals surface area contributed by atoms with Gasteiger partial charge in [0.2, 0.25) is 0 Å². The van der Waals surface area contributed by atoms with Crippen LogP contribution in [0.25, 0.3) is 0 Å². The van der Waals surface area contributed by atoms with E-state index >= 15 is 0 Å². The third-order valence-corrected chi connectivity index (χ3v) is 4.23. The van der Waals surface area contributed by atoms with Gasteiger partial charge in [0.1, 0.15) is 0 Å². The molecule has 106 valence electrons. The van der Waals surface area contributed by atoms with Gasteiger partial charge in [-0.15, -0.1) is 0 Å². The van der Waals surface area contributed by atoms with E-state index in [4.69, 9.17) is 22.4 Å². The second kappa shape index (κ2) is 7.25. The van der Waals surface area contributed by atoms with E-state index in [9.17, 15) is 0 Å². The van der Waals surface area contributed by atoms with Gasteiger partial charge in [0.25, 0.3) is 0 Å². The Labute approximate surface area is 120 Å². The molecule has 1 aliphatic rings. The molecular weight excluding hydrogens is 260 g/mol. The minimum absolute atomic E-state index is 0.0502. The van der Waals surface area contributed by atoms with Crippen molar-refractivity contribution in [2.75, 3.05) is 26.2 Å². The van der Waals surface area contributed by atoms with Crippen LogP contribution in [0.5, 0.6) is 0 Å². The van der Waals surface area contributed by atoms with E-state index in [0.29, 0.717) is 12.5 Å². The minimum atomic E-state index is 0.0502. The summed E-state index contributed by atoms with van der Waals surface area (Å²) in [6.07, 6.45) is 3.15. The fraction of sp³-hybridized carbons (Fsp3) is 0.600. The molecule has 0 amide bonds. The molecule has 1 atom stereocenters. The number of benzene rings is 1. The van der Waals surface area contributed by atoms with Crippen LogP contribution in [0, 0.1) is 5.92 Å². The molecule has 1 aliphatic heterocycles. The summed E-state index contributed by atoms with van der Waals surface area (Å²) in [6.45, 7) is 3.50. The van der Waals surface area contributed by atoms with Gasteiger partial charge in [-0.1, -0.05) is 23.7 Å². The number of hydrogen-bond donors (Lipinski definition) is 2. The van der Waals surface area contributed by atoms with Gasteiger partial charge in [-0.3, -0.25) is 0 Å². The van der Waals surface area contributed by atoms with Crippen LogP contribution in [0.2, 0.25) is 5.02 Å². The average molecular weight is 283 g/mol. The largest absolute Gasteiger partial charge is 0.396 e. The Balaban J connectivity index is 1.76. The highest BCUT2D eigenvalue weighted by atomic mass is 35.5. The Bertz CT molecular complexity index is 391. The molecule has 0 bridgehead atoms. The predicted molar refractivity (Wildman–Crippen MR) is 79.2 cm³/mol. The topological polar surface area (TPSA) is 49.5 Å². The minimum Gasteiger partial charge on any atom is -0.396 e. The van der Waals surface area contributed by atoms with E-state index in [2.05, 4.69) is 4.90 Å². The fourth-order valence-corrected chi connectivity index (χ4v) is 2.82. The first-order valence-electron chi connectivity index (χ1n) is 7.03. The lowest BCUT2D eigenvalue weighted by atomic mass is 9.97. The molecule has 4 heteroatoms. The van der Waals surface area contributed by atoms with E-state index in [1.807, 2.05) is 24.3 Å². The van der Waals surface area contributed by atoms with Crippen molar-refractivity contribution in [3.63, 3.8) is 0 Å². The normalized spacial score (nSPS) is 19.5. The maximum Gasteiger partial charge on any atom is 0.0460 e. The Morgan fingerprint density at radius 3 is 2.74 bits per heavy atom. The molecule has 2 rings (SSSR count). The second-order valence-corrected chi connectivity index (χ2v) is 5.85. The number of likely N-dealkylation sites (tertiary alicyclic amines) is 1. The van der Waals surface area contributed by atoms with Crippen molar-refractivity contribution < 1.29 is 5.11 Å². The maximum atomic E-state index is 9.12. The fourth-order valence-electron chi connectivity index (χ4n) is 2.62. The summed E-state index contributed by atoms with van der Waals surface area (Å²) in [7, 11) is 0. The number of aliphatic hydroxyl groups excluding tert-OH is 1. The lowest BCUT2D eigenvalue weighted by molar-refractivity contribution is 0.129. The summed E-state index contributed by atoms with van der Waals surface area (Å²) in [4.78, 5) is 2.44. The van der Waals surface area contributed by atoms with E-state index in [1.54, 1.807) is 0 Å². The molecule has 19 heavy (non-hydrogen) atoms. The summed E-state index contributed by atoms with van der Waals surface area (Å²) in [5.74, 6) is 0.498. The first-order chi connectivity index (χ1) is 9.19. The molecule has 1 heterocycles. The van der Waals surface area contributed by atoms with E-state index in [1.165, 1.54) is 0 Å². The summed E-state index contributed by atoms with van der Waals surface area (Å²) < 4.78 is 0. The molecule has 1 aromatic rings. The van der Waals surface area contributed by atoms with E-state index in [0.717, 1.165) is 49.5 Å². The summed E-state index contributed by atoms with van der Waals surface area (Å²) in [5.41, 5.74) is 7.32. The van der Waals surface area contributed by atoms with Crippen molar-refractivity contribution in [1.82, 2.24) is 4.90 Å². The highest BCUT2D eigenvalue weighted by Crippen LogP contribution is 2.21. The number of aliphatic hydroxyl groups is 1. The zero-order valence-corrected chi connectivity index (χ0v) is 12.0. The number of nitrogens with zero attached hydrogens (tertiary/aromatic N) is 1. The Morgan fingerprint density at radius 1 is 1.37 bits per heavy atom. The van der Waals surface area contributed by atoms with Crippen LogP contribution in [0.1, 0.15) is 30.9 Å². The van der Waals surface area contributed by atoms with Crippen molar-refractivity contribution in [2.45, 2.75) is 25.3 Å². The number of piperidine rings is 1. The van der Waals surface area contributed by atoms with E-state index < -0.39 is 0 Å². The summed E-state index contributed by atoms with van der Waals surface area (Å²) >= 11 is 5.98. The zero-order chi connectivity index (χ0) is 13.7. The van der Waals surface area contributed by atoms with Gasteiger partial charge in [-0.05, 0) is 62.5 Å². The third-order valence-electron chi connectivity index (χ3n) is 4.00. The van der Waals surface area contributed by atoms with Gasteiger partial charge in [-0.2, -0.15) is 0 Å². The Kier molecular flexibility index (Phi) is 5.64. The van der Waals surface area contributed by atoms with Crippen molar-refractivity contribution in [3.05, 3.63) is 34.9 Å². The van der Waals surface area contributed by atoms with Gasteiger partial charge in [0.05, 0.1) is 0 Å². The quantitative estimate of drug-likeness (QED) is 0.872. The van der Waals surface area contributed by atoms with Crippen LogP contribution in [-0.2, 0) is 0 Å². The van der Waals surface area contributed by atoms with Crippen molar-refractivity contribution in [2.24, 2.45) is 11.7 Å². The molecule has 3 N–H and O–H groups in total. The number of rotatable bonds is 5. The van der Waals surface area contributed by atoms with Gasteiger partial charge < -0.3 is 15.7 Å². The third kappa shape index (κ3) is 4.46. The van der Waals surface area contributed by atoms with Crippen molar-refractivity contribution >= 4 is 11.6 Å². The number of nitrogens with two attached hydrogens (primary N) is 1. The summed E-state index contributed by atoms with van der Waals surface area (Å²) in [6, 6.07) is 7.86. The van der Waals surface area contributed by atoms with Crippen molar-refractivity contribution in [1.29, 1.82) is 0 Å².